The Bertz CT molecular complexity index is 285. The zero-order chi connectivity index (χ0) is 12.6. The highest BCUT2D eigenvalue weighted by Gasteiger charge is 2.24. The van der Waals surface area contributed by atoms with E-state index in [1.165, 1.54) is 5.56 Å². The van der Waals surface area contributed by atoms with Gasteiger partial charge >= 0.3 is 0 Å². The van der Waals surface area contributed by atoms with Gasteiger partial charge in [-0.1, -0.05) is 44.2 Å². The number of aliphatic hydroxyl groups is 1. The normalized spacial score (nSPS) is 11.7. The molecule has 1 rings (SSSR count). The largest absolute Gasteiger partial charge is 0.396 e. The van der Waals surface area contributed by atoms with Crippen molar-refractivity contribution in [3.05, 3.63) is 35.9 Å². The molecule has 0 saturated carbocycles. The number of hydrogen-bond acceptors (Lipinski definition) is 2. The van der Waals surface area contributed by atoms with Crippen molar-refractivity contribution in [1.29, 1.82) is 0 Å². The quantitative estimate of drug-likeness (QED) is 0.679. The maximum Gasteiger partial charge on any atom is 0.0499 e. The lowest BCUT2D eigenvalue weighted by molar-refractivity contribution is 0.113. The number of benzene rings is 1. The van der Waals surface area contributed by atoms with Crippen LogP contribution in [0.3, 0.4) is 0 Å². The standard InChI is InChI=1S/C15H25NO/c1-3-15(4-2,13-17)12-16-11-10-14-8-6-5-7-9-14/h5-9,16-17H,3-4,10-13H2,1-2H3. The summed E-state index contributed by atoms with van der Waals surface area (Å²) in [7, 11) is 0. The van der Waals surface area contributed by atoms with Crippen molar-refractivity contribution in [1.82, 2.24) is 5.32 Å². The van der Waals surface area contributed by atoms with E-state index in [4.69, 9.17) is 0 Å². The first-order chi connectivity index (χ1) is 8.26. The Morgan fingerprint density at radius 1 is 1.12 bits per heavy atom. The first-order valence-corrected chi connectivity index (χ1v) is 6.62. The van der Waals surface area contributed by atoms with Gasteiger partial charge in [0.25, 0.3) is 0 Å². The van der Waals surface area contributed by atoms with Gasteiger partial charge in [-0.25, -0.2) is 0 Å². The molecule has 0 aliphatic carbocycles. The molecule has 0 aliphatic rings. The molecule has 0 atom stereocenters. The Kier molecular flexibility index (Phi) is 6.23. The third-order valence-electron chi connectivity index (χ3n) is 3.77. The van der Waals surface area contributed by atoms with Crippen molar-refractivity contribution >= 4 is 0 Å². The fraction of sp³-hybridized carbons (Fsp3) is 0.600. The number of hydrogen-bond donors (Lipinski definition) is 2. The monoisotopic (exact) mass is 235 g/mol. The first kappa shape index (κ1) is 14.2. The Morgan fingerprint density at radius 2 is 1.76 bits per heavy atom. The molecule has 17 heavy (non-hydrogen) atoms. The van der Waals surface area contributed by atoms with Gasteiger partial charge < -0.3 is 10.4 Å². The van der Waals surface area contributed by atoms with Crippen molar-refractivity contribution in [2.45, 2.75) is 33.1 Å². The molecule has 0 bridgehead atoms. The molecule has 2 N–H and O–H groups in total. The fourth-order valence-corrected chi connectivity index (χ4v) is 2.01. The zero-order valence-corrected chi connectivity index (χ0v) is 11.1. The lowest BCUT2D eigenvalue weighted by Gasteiger charge is -2.29. The topological polar surface area (TPSA) is 32.3 Å². The van der Waals surface area contributed by atoms with E-state index in [2.05, 4.69) is 43.4 Å². The molecule has 0 amide bonds. The van der Waals surface area contributed by atoms with Crippen LogP contribution in [-0.2, 0) is 6.42 Å². The number of rotatable bonds is 8. The second kappa shape index (κ2) is 7.46. The molecule has 0 fully saturated rings. The van der Waals surface area contributed by atoms with Crippen LogP contribution in [0.5, 0.6) is 0 Å². The summed E-state index contributed by atoms with van der Waals surface area (Å²) in [6.45, 7) is 6.46. The van der Waals surface area contributed by atoms with Crippen molar-refractivity contribution < 1.29 is 5.11 Å². The zero-order valence-electron chi connectivity index (χ0n) is 11.1. The van der Waals surface area contributed by atoms with Crippen LogP contribution >= 0.6 is 0 Å². The molecule has 0 unspecified atom stereocenters. The van der Waals surface area contributed by atoms with Crippen molar-refractivity contribution in [2.24, 2.45) is 5.41 Å². The van der Waals surface area contributed by atoms with Crippen molar-refractivity contribution in [3.63, 3.8) is 0 Å². The highest BCUT2D eigenvalue weighted by atomic mass is 16.3. The van der Waals surface area contributed by atoms with Gasteiger partial charge in [0.1, 0.15) is 0 Å². The summed E-state index contributed by atoms with van der Waals surface area (Å²) in [6, 6.07) is 10.5. The molecule has 0 aliphatic heterocycles. The third kappa shape index (κ3) is 4.49. The van der Waals surface area contributed by atoms with Crippen LogP contribution in [0.15, 0.2) is 30.3 Å². The predicted octanol–water partition coefficient (Wildman–Crippen LogP) is 2.62. The third-order valence-corrected chi connectivity index (χ3v) is 3.77. The van der Waals surface area contributed by atoms with E-state index in [-0.39, 0.29) is 12.0 Å². The van der Waals surface area contributed by atoms with Gasteiger partial charge in [-0.05, 0) is 31.4 Å². The molecule has 96 valence electrons. The molecule has 0 heterocycles. The summed E-state index contributed by atoms with van der Waals surface area (Å²) in [5.74, 6) is 0. The Morgan fingerprint density at radius 3 is 2.29 bits per heavy atom. The summed E-state index contributed by atoms with van der Waals surface area (Å²) < 4.78 is 0. The van der Waals surface area contributed by atoms with E-state index in [9.17, 15) is 5.11 Å². The maximum atomic E-state index is 9.45. The van der Waals surface area contributed by atoms with Gasteiger partial charge in [0.2, 0.25) is 0 Å². The Labute approximate surface area is 105 Å². The van der Waals surface area contributed by atoms with Crippen molar-refractivity contribution in [2.75, 3.05) is 19.7 Å². The second-order valence-corrected chi connectivity index (χ2v) is 4.78. The number of nitrogens with one attached hydrogen (secondary N) is 1. The molecule has 0 radical (unpaired) electrons. The summed E-state index contributed by atoms with van der Waals surface area (Å²) in [5.41, 5.74) is 1.43. The van der Waals surface area contributed by atoms with Crippen LogP contribution in [0.4, 0.5) is 0 Å². The molecular formula is C15H25NO. The molecule has 1 aromatic rings. The Hall–Kier alpha value is -0.860. The minimum atomic E-state index is 0.0662. The summed E-state index contributed by atoms with van der Waals surface area (Å²) in [6.07, 6.45) is 3.10. The lowest BCUT2D eigenvalue weighted by atomic mass is 9.83. The van der Waals surface area contributed by atoms with Crippen molar-refractivity contribution in [3.8, 4) is 0 Å². The van der Waals surface area contributed by atoms with Crippen LogP contribution in [0, 0.1) is 5.41 Å². The molecule has 1 aromatic carbocycles. The minimum Gasteiger partial charge on any atom is -0.396 e. The average Bonchev–Trinajstić information content (AvgIpc) is 2.41. The van der Waals surface area contributed by atoms with Crippen LogP contribution in [0.1, 0.15) is 32.3 Å². The van der Waals surface area contributed by atoms with E-state index >= 15 is 0 Å². The van der Waals surface area contributed by atoms with Gasteiger partial charge in [0.05, 0.1) is 0 Å². The minimum absolute atomic E-state index is 0.0662. The highest BCUT2D eigenvalue weighted by Crippen LogP contribution is 2.24. The van der Waals surface area contributed by atoms with Gasteiger partial charge in [-0.15, -0.1) is 0 Å². The first-order valence-electron chi connectivity index (χ1n) is 6.62. The maximum absolute atomic E-state index is 9.45. The molecule has 0 aromatic heterocycles. The molecule has 2 heteroatoms. The van der Waals surface area contributed by atoms with Crippen LogP contribution in [-0.4, -0.2) is 24.8 Å². The van der Waals surface area contributed by atoms with E-state index in [1.807, 2.05) is 6.07 Å². The second-order valence-electron chi connectivity index (χ2n) is 4.78. The van der Waals surface area contributed by atoms with E-state index < -0.39 is 0 Å². The summed E-state index contributed by atoms with van der Waals surface area (Å²) >= 11 is 0. The summed E-state index contributed by atoms with van der Waals surface area (Å²) in [4.78, 5) is 0. The lowest BCUT2D eigenvalue weighted by Crippen LogP contribution is -2.37. The van der Waals surface area contributed by atoms with Gasteiger partial charge in [-0.3, -0.25) is 0 Å². The molecule has 2 nitrogen and oxygen atoms in total. The average molecular weight is 235 g/mol. The van der Waals surface area contributed by atoms with E-state index in [0.29, 0.717) is 0 Å². The predicted molar refractivity (Wildman–Crippen MR) is 73.1 cm³/mol. The van der Waals surface area contributed by atoms with Crippen LogP contribution in [0.2, 0.25) is 0 Å². The van der Waals surface area contributed by atoms with Gasteiger partial charge in [0.15, 0.2) is 0 Å². The van der Waals surface area contributed by atoms with E-state index in [1.54, 1.807) is 0 Å². The number of aliphatic hydroxyl groups excluding tert-OH is 1. The highest BCUT2D eigenvalue weighted by molar-refractivity contribution is 5.14. The van der Waals surface area contributed by atoms with Crippen LogP contribution < -0.4 is 5.32 Å². The fourth-order valence-electron chi connectivity index (χ4n) is 2.01. The molecule has 0 saturated heterocycles. The summed E-state index contributed by atoms with van der Waals surface area (Å²) in [5, 5.41) is 12.9. The SMILES string of the molecule is CCC(CC)(CO)CNCCc1ccccc1. The van der Waals surface area contributed by atoms with Gasteiger partial charge in [0, 0.05) is 18.6 Å². The smallest absolute Gasteiger partial charge is 0.0499 e. The molecular weight excluding hydrogens is 210 g/mol. The van der Waals surface area contributed by atoms with Gasteiger partial charge in [-0.2, -0.15) is 0 Å². The van der Waals surface area contributed by atoms with Crippen LogP contribution in [0.25, 0.3) is 0 Å². The Balaban J connectivity index is 2.28. The van der Waals surface area contributed by atoms with E-state index in [0.717, 1.165) is 32.4 Å². The molecule has 0 spiro atoms.